The Morgan fingerprint density at radius 3 is 2.36 bits per heavy atom. The van der Waals surface area contributed by atoms with Crippen LogP contribution in [0.2, 0.25) is 0 Å². The Morgan fingerprint density at radius 1 is 0.889 bits per heavy atom. The molecule has 7 nitrogen and oxygen atoms in total. The minimum Gasteiger partial charge on any atom is -0.489 e. The van der Waals surface area contributed by atoms with Crippen LogP contribution < -0.4 is 4.74 Å². The van der Waals surface area contributed by atoms with E-state index in [1.807, 2.05) is 54.6 Å². The standard InChI is InChI=1S/C28H20N2O5S/c31-27-26(36-28(32)29(27)17-22-6-3-5-21-4-1-2-7-25(21)22)16-19-10-14-24(15-11-19)35-18-20-8-12-23(13-9-20)30(33)34/h1-16H,17-18H2/b26-16-. The molecule has 1 saturated heterocycles. The van der Waals surface area contributed by atoms with E-state index in [-0.39, 0.29) is 30.0 Å². The van der Waals surface area contributed by atoms with Gasteiger partial charge in [0.1, 0.15) is 12.4 Å². The Balaban J connectivity index is 1.24. The van der Waals surface area contributed by atoms with Gasteiger partial charge < -0.3 is 4.74 Å². The number of carbonyl (C=O) groups excluding carboxylic acids is 2. The Bertz CT molecular complexity index is 1490. The van der Waals surface area contributed by atoms with E-state index < -0.39 is 4.92 Å². The van der Waals surface area contributed by atoms with Crippen LogP contribution in [0.1, 0.15) is 16.7 Å². The van der Waals surface area contributed by atoms with Crippen LogP contribution >= 0.6 is 11.8 Å². The maximum atomic E-state index is 13.0. The summed E-state index contributed by atoms with van der Waals surface area (Å²) < 4.78 is 5.75. The van der Waals surface area contributed by atoms with Gasteiger partial charge in [-0.15, -0.1) is 0 Å². The third-order valence-electron chi connectivity index (χ3n) is 5.81. The summed E-state index contributed by atoms with van der Waals surface area (Å²) in [6.07, 6.45) is 1.70. The maximum Gasteiger partial charge on any atom is 0.293 e. The number of nitro groups is 1. The van der Waals surface area contributed by atoms with Crippen molar-refractivity contribution < 1.29 is 19.2 Å². The fraction of sp³-hybridized carbons (Fsp3) is 0.0714. The van der Waals surface area contributed by atoms with Crippen molar-refractivity contribution in [2.75, 3.05) is 0 Å². The number of thioether (sulfide) groups is 1. The summed E-state index contributed by atoms with van der Waals surface area (Å²) >= 11 is 0.935. The second-order valence-corrected chi connectivity index (χ2v) is 9.18. The van der Waals surface area contributed by atoms with E-state index in [1.165, 1.54) is 17.0 Å². The van der Waals surface area contributed by atoms with Gasteiger partial charge in [-0.2, -0.15) is 0 Å². The van der Waals surface area contributed by atoms with E-state index in [0.29, 0.717) is 10.7 Å². The van der Waals surface area contributed by atoms with E-state index in [2.05, 4.69) is 0 Å². The minimum atomic E-state index is -0.443. The summed E-state index contributed by atoms with van der Waals surface area (Å²) in [7, 11) is 0. The molecule has 8 heteroatoms. The quantitative estimate of drug-likeness (QED) is 0.163. The zero-order valence-electron chi connectivity index (χ0n) is 19.0. The van der Waals surface area contributed by atoms with Crippen LogP contribution in [0, 0.1) is 10.1 Å². The van der Waals surface area contributed by atoms with Crippen LogP contribution in [-0.4, -0.2) is 21.0 Å². The molecule has 1 fully saturated rings. The first-order valence-corrected chi connectivity index (χ1v) is 12.0. The van der Waals surface area contributed by atoms with Gasteiger partial charge >= 0.3 is 0 Å². The lowest BCUT2D eigenvalue weighted by atomic mass is 10.0. The lowest BCUT2D eigenvalue weighted by molar-refractivity contribution is -0.384. The van der Waals surface area contributed by atoms with E-state index in [9.17, 15) is 19.7 Å². The fourth-order valence-electron chi connectivity index (χ4n) is 3.93. The molecule has 1 aliphatic heterocycles. The molecule has 0 aromatic heterocycles. The Kier molecular flexibility index (Phi) is 6.51. The smallest absolute Gasteiger partial charge is 0.293 e. The first-order valence-electron chi connectivity index (χ1n) is 11.2. The van der Waals surface area contributed by atoms with Crippen molar-refractivity contribution in [3.05, 3.63) is 123 Å². The van der Waals surface area contributed by atoms with Gasteiger partial charge in [0.05, 0.1) is 16.4 Å². The monoisotopic (exact) mass is 496 g/mol. The van der Waals surface area contributed by atoms with Gasteiger partial charge in [-0.3, -0.25) is 24.6 Å². The van der Waals surface area contributed by atoms with E-state index in [1.54, 1.807) is 30.3 Å². The van der Waals surface area contributed by atoms with E-state index in [0.717, 1.165) is 39.2 Å². The van der Waals surface area contributed by atoms with Crippen molar-refractivity contribution in [3.8, 4) is 5.75 Å². The highest BCUT2D eigenvalue weighted by Gasteiger charge is 2.35. The molecule has 2 amide bonds. The van der Waals surface area contributed by atoms with Crippen LogP contribution in [0.15, 0.2) is 95.9 Å². The molecular formula is C28H20N2O5S. The number of fused-ring (bicyclic) bond motifs is 1. The van der Waals surface area contributed by atoms with Crippen molar-refractivity contribution in [3.63, 3.8) is 0 Å². The number of carbonyl (C=O) groups is 2. The second-order valence-electron chi connectivity index (χ2n) is 8.19. The first kappa shape index (κ1) is 23.3. The van der Waals surface area contributed by atoms with Crippen molar-refractivity contribution in [1.82, 2.24) is 4.90 Å². The Hall–Kier alpha value is -4.43. The van der Waals surface area contributed by atoms with Crippen molar-refractivity contribution in [2.24, 2.45) is 0 Å². The summed E-state index contributed by atoms with van der Waals surface area (Å²) in [6.45, 7) is 0.489. The largest absolute Gasteiger partial charge is 0.489 e. The van der Waals surface area contributed by atoms with Crippen LogP contribution in [0.5, 0.6) is 5.75 Å². The second kappa shape index (κ2) is 10.1. The number of nitrogens with zero attached hydrogens (tertiary/aromatic N) is 2. The number of ether oxygens (including phenoxy) is 1. The molecule has 0 aliphatic carbocycles. The van der Waals surface area contributed by atoms with Gasteiger partial charge in [0, 0.05) is 12.1 Å². The molecule has 0 bridgehead atoms. The lowest BCUT2D eigenvalue weighted by Crippen LogP contribution is -2.27. The topological polar surface area (TPSA) is 89.7 Å². The molecule has 0 atom stereocenters. The number of benzene rings is 4. The average molecular weight is 497 g/mol. The molecule has 4 aromatic carbocycles. The summed E-state index contributed by atoms with van der Waals surface area (Å²) in [5, 5.41) is 12.6. The molecule has 0 saturated carbocycles. The average Bonchev–Trinajstić information content (AvgIpc) is 3.16. The van der Waals surface area contributed by atoms with Crippen LogP contribution in [0.4, 0.5) is 10.5 Å². The molecule has 36 heavy (non-hydrogen) atoms. The number of imide groups is 1. The summed E-state index contributed by atoms with van der Waals surface area (Å²) in [5.41, 5.74) is 2.54. The summed E-state index contributed by atoms with van der Waals surface area (Å²) in [5.74, 6) is 0.311. The zero-order valence-corrected chi connectivity index (χ0v) is 19.8. The number of rotatable bonds is 7. The highest BCUT2D eigenvalue weighted by molar-refractivity contribution is 8.18. The molecule has 0 radical (unpaired) electrons. The van der Waals surface area contributed by atoms with E-state index >= 15 is 0 Å². The van der Waals surface area contributed by atoms with Crippen molar-refractivity contribution in [1.29, 1.82) is 0 Å². The predicted molar refractivity (Wildman–Crippen MR) is 139 cm³/mol. The van der Waals surface area contributed by atoms with Crippen LogP contribution in [0.3, 0.4) is 0 Å². The number of hydrogen-bond acceptors (Lipinski definition) is 6. The van der Waals surface area contributed by atoms with Gasteiger partial charge in [0.2, 0.25) is 0 Å². The van der Waals surface area contributed by atoms with Gasteiger partial charge in [0.15, 0.2) is 0 Å². The summed E-state index contributed by atoms with van der Waals surface area (Å²) in [6, 6.07) is 27.1. The highest BCUT2D eigenvalue weighted by Crippen LogP contribution is 2.34. The Morgan fingerprint density at radius 2 is 1.61 bits per heavy atom. The zero-order chi connectivity index (χ0) is 25.1. The molecule has 1 heterocycles. The number of non-ortho nitro benzene ring substituents is 1. The van der Waals surface area contributed by atoms with Crippen molar-refractivity contribution >= 4 is 45.4 Å². The Labute approximate surface area is 211 Å². The number of amides is 2. The molecule has 0 spiro atoms. The van der Waals surface area contributed by atoms with Gasteiger partial charge in [-0.05, 0) is 69.6 Å². The molecule has 5 rings (SSSR count). The van der Waals surface area contributed by atoms with E-state index in [4.69, 9.17) is 4.74 Å². The third-order valence-corrected chi connectivity index (χ3v) is 6.72. The molecule has 178 valence electrons. The molecule has 1 aliphatic rings. The highest BCUT2D eigenvalue weighted by atomic mass is 32.2. The number of hydrogen-bond donors (Lipinski definition) is 0. The first-order chi connectivity index (χ1) is 17.5. The van der Waals surface area contributed by atoms with Crippen LogP contribution in [0.25, 0.3) is 16.8 Å². The van der Waals surface area contributed by atoms with Crippen LogP contribution in [-0.2, 0) is 17.9 Å². The third kappa shape index (κ3) is 4.99. The SMILES string of the molecule is O=C1S/C(=C\c2ccc(OCc3ccc([N+](=O)[O-])cc3)cc2)C(=O)N1Cc1cccc2ccccc12. The van der Waals surface area contributed by atoms with Gasteiger partial charge in [0.25, 0.3) is 16.8 Å². The molecule has 4 aromatic rings. The normalized spacial score (nSPS) is 14.6. The lowest BCUT2D eigenvalue weighted by Gasteiger charge is -2.14. The fourth-order valence-corrected chi connectivity index (χ4v) is 4.77. The maximum absolute atomic E-state index is 13.0. The predicted octanol–water partition coefficient (Wildman–Crippen LogP) is 6.56. The molecule has 0 unspecified atom stereocenters. The van der Waals surface area contributed by atoms with Gasteiger partial charge in [-0.1, -0.05) is 54.6 Å². The molecule has 0 N–H and O–H groups in total. The number of nitro benzene ring substituents is 1. The van der Waals surface area contributed by atoms with Gasteiger partial charge in [-0.25, -0.2) is 0 Å². The van der Waals surface area contributed by atoms with Crippen molar-refractivity contribution in [2.45, 2.75) is 13.2 Å². The molecular weight excluding hydrogens is 476 g/mol. The summed E-state index contributed by atoms with van der Waals surface area (Å²) in [4.78, 5) is 37.6. The minimum absolute atomic E-state index is 0.0321.